The maximum Gasteiger partial charge on any atom is 0.349 e. The van der Waals surface area contributed by atoms with E-state index in [0.29, 0.717) is 26.0 Å². The summed E-state index contributed by atoms with van der Waals surface area (Å²) < 4.78 is 85.9. The Kier molecular flexibility index (Phi) is 10.00. The second kappa shape index (κ2) is 13.8. The molecule has 4 aromatic rings. The van der Waals surface area contributed by atoms with Crippen LogP contribution >= 0.6 is 22.7 Å². The number of rotatable bonds is 6. The summed E-state index contributed by atoms with van der Waals surface area (Å²) in [5.74, 6) is -8.18. The first-order valence-electron chi connectivity index (χ1n) is 14.1. The number of hydrogen-bond donors (Lipinski definition) is 1. The average molecular weight is 701 g/mol. The molecule has 0 saturated carbocycles. The molecule has 2 saturated heterocycles. The van der Waals surface area contributed by atoms with E-state index in [0.717, 1.165) is 22.7 Å². The highest BCUT2D eigenvalue weighted by Crippen LogP contribution is 2.34. The molecule has 0 radical (unpaired) electrons. The average Bonchev–Trinajstić information content (AvgIpc) is 3.73. The van der Waals surface area contributed by atoms with Gasteiger partial charge in [0.25, 0.3) is 11.8 Å². The number of piperidine rings is 2. The van der Waals surface area contributed by atoms with Gasteiger partial charge in [0.05, 0.1) is 19.5 Å². The molecule has 0 amide bonds. The molecular formula is C29H26F6N6O4S2. The predicted molar refractivity (Wildman–Crippen MR) is 162 cm³/mol. The number of pyridine rings is 2. The normalized spacial score (nSPS) is 17.1. The molecule has 47 heavy (non-hydrogen) atoms. The summed E-state index contributed by atoms with van der Waals surface area (Å²) >= 11 is 1.98. The number of alkyl halides is 4. The number of anilines is 2. The van der Waals surface area contributed by atoms with E-state index in [-0.39, 0.29) is 68.4 Å². The summed E-state index contributed by atoms with van der Waals surface area (Å²) in [6.45, 7) is 0.188. The lowest BCUT2D eigenvalue weighted by Gasteiger charge is -2.32. The standard InChI is InChI=1S/C15H14F3N3O2S.C14H12F3N3O2S/c1-23-14(22)11-8-20-13(24-11)9-6-10(16)12(19-7-9)21-4-2-15(17,18)3-5-21;15-9-5-8(12-19-7-10(23-12)13(21)22)6-18-11(9)20-3-1-14(16,17)2-4-20/h6-8H,2-5H2,1H3;5-7H,1-4H2,(H,21,22). The van der Waals surface area contributed by atoms with Gasteiger partial charge in [0, 0.05) is 75.4 Å². The van der Waals surface area contributed by atoms with Crippen molar-refractivity contribution in [2.45, 2.75) is 37.5 Å². The van der Waals surface area contributed by atoms with Gasteiger partial charge in [-0.05, 0) is 12.1 Å². The van der Waals surface area contributed by atoms with Gasteiger partial charge in [-0.25, -0.2) is 55.9 Å². The minimum absolute atomic E-state index is 0.0271. The van der Waals surface area contributed by atoms with Crippen molar-refractivity contribution >= 4 is 46.2 Å². The number of carbonyl (C=O) groups is 2. The number of esters is 1. The Balaban J connectivity index is 0.000000185. The topological polar surface area (TPSA) is 122 Å². The van der Waals surface area contributed by atoms with Gasteiger partial charge in [-0.2, -0.15) is 0 Å². The first-order chi connectivity index (χ1) is 22.2. The maximum absolute atomic E-state index is 14.3. The number of nitrogens with zero attached hydrogens (tertiary/aromatic N) is 6. The van der Waals surface area contributed by atoms with Crippen LogP contribution in [-0.4, -0.2) is 82.1 Å². The van der Waals surface area contributed by atoms with Crippen molar-refractivity contribution in [3.05, 3.63) is 58.3 Å². The van der Waals surface area contributed by atoms with Crippen molar-refractivity contribution < 1.29 is 45.8 Å². The molecular weight excluding hydrogens is 674 g/mol. The molecule has 6 heterocycles. The zero-order valence-electron chi connectivity index (χ0n) is 24.6. The highest BCUT2D eigenvalue weighted by Gasteiger charge is 2.36. The molecule has 0 unspecified atom stereocenters. The van der Waals surface area contributed by atoms with Gasteiger partial charge in [0.15, 0.2) is 23.3 Å². The van der Waals surface area contributed by atoms with Crippen LogP contribution in [0.1, 0.15) is 45.0 Å². The fourth-order valence-electron chi connectivity index (χ4n) is 4.76. The highest BCUT2D eigenvalue weighted by molar-refractivity contribution is 7.17. The zero-order chi connectivity index (χ0) is 33.9. The van der Waals surface area contributed by atoms with Crippen LogP contribution in [0.2, 0.25) is 0 Å². The number of halogens is 6. The molecule has 18 heteroatoms. The van der Waals surface area contributed by atoms with Gasteiger partial charge in [-0.3, -0.25) is 0 Å². The van der Waals surface area contributed by atoms with Crippen molar-refractivity contribution in [1.29, 1.82) is 0 Å². The van der Waals surface area contributed by atoms with Crippen LogP contribution in [0.5, 0.6) is 0 Å². The van der Waals surface area contributed by atoms with E-state index in [2.05, 4.69) is 24.7 Å². The lowest BCUT2D eigenvalue weighted by molar-refractivity contribution is -0.0228. The number of carboxylic acid groups (broad SMARTS) is 1. The number of thiazole rings is 2. The Labute approximate surface area is 271 Å². The zero-order valence-corrected chi connectivity index (χ0v) is 26.2. The summed E-state index contributed by atoms with van der Waals surface area (Å²) in [6.07, 6.45) is 4.05. The molecule has 0 spiro atoms. The number of carbonyl (C=O) groups excluding carboxylic acids is 1. The van der Waals surface area contributed by atoms with Gasteiger partial charge < -0.3 is 19.6 Å². The number of ether oxygens (including phenoxy) is 1. The summed E-state index contributed by atoms with van der Waals surface area (Å²) in [4.78, 5) is 41.7. The molecule has 2 aliphatic heterocycles. The van der Waals surface area contributed by atoms with Crippen LogP contribution in [0.15, 0.2) is 36.9 Å². The molecule has 0 aromatic carbocycles. The quantitative estimate of drug-likeness (QED) is 0.173. The van der Waals surface area contributed by atoms with Gasteiger partial charge in [-0.1, -0.05) is 0 Å². The van der Waals surface area contributed by atoms with Crippen molar-refractivity contribution in [1.82, 2.24) is 19.9 Å². The summed E-state index contributed by atoms with van der Waals surface area (Å²) in [6, 6.07) is 2.44. The van der Waals surface area contributed by atoms with E-state index >= 15 is 0 Å². The first-order valence-corrected chi connectivity index (χ1v) is 15.7. The highest BCUT2D eigenvalue weighted by atomic mass is 32.1. The molecule has 1 N–H and O–H groups in total. The van der Waals surface area contributed by atoms with Crippen LogP contribution < -0.4 is 9.80 Å². The predicted octanol–water partition coefficient (Wildman–Crippen LogP) is 6.64. The SMILES string of the molecule is COC(=O)c1cnc(-c2cnc(N3CCC(F)(F)CC3)c(F)c2)s1.O=C(O)c1cnc(-c2cnc(N3CCC(F)(F)CC3)c(F)c2)s1. The van der Waals surface area contributed by atoms with E-state index in [4.69, 9.17) is 5.11 Å². The molecule has 0 atom stereocenters. The van der Waals surface area contributed by atoms with E-state index in [1.807, 2.05) is 0 Å². The molecule has 250 valence electrons. The Bertz CT molecular complexity index is 1750. The lowest BCUT2D eigenvalue weighted by atomic mass is 10.1. The fourth-order valence-corrected chi connectivity index (χ4v) is 6.31. The number of carboxylic acids is 1. The number of aromatic carboxylic acids is 1. The van der Waals surface area contributed by atoms with Crippen LogP contribution in [-0.2, 0) is 4.74 Å². The van der Waals surface area contributed by atoms with Crippen molar-refractivity contribution in [2.75, 3.05) is 43.1 Å². The van der Waals surface area contributed by atoms with Gasteiger partial charge in [0.1, 0.15) is 19.8 Å². The van der Waals surface area contributed by atoms with Crippen LogP contribution in [0.3, 0.4) is 0 Å². The van der Waals surface area contributed by atoms with Crippen LogP contribution in [0.4, 0.5) is 38.0 Å². The Morgan fingerprint density at radius 1 is 0.723 bits per heavy atom. The second-order valence-electron chi connectivity index (χ2n) is 10.6. The minimum Gasteiger partial charge on any atom is -0.477 e. The molecule has 0 aliphatic carbocycles. The smallest absolute Gasteiger partial charge is 0.349 e. The largest absolute Gasteiger partial charge is 0.477 e. The van der Waals surface area contributed by atoms with Crippen molar-refractivity contribution in [2.24, 2.45) is 0 Å². The van der Waals surface area contributed by atoms with Crippen LogP contribution in [0, 0.1) is 11.6 Å². The maximum atomic E-state index is 14.3. The molecule has 2 aliphatic rings. The Hall–Kier alpha value is -4.32. The van der Waals surface area contributed by atoms with Gasteiger partial charge in [0.2, 0.25) is 0 Å². The molecule has 2 fully saturated rings. The molecule has 4 aromatic heterocycles. The van der Waals surface area contributed by atoms with Crippen molar-refractivity contribution in [3.63, 3.8) is 0 Å². The second-order valence-corrected chi connectivity index (χ2v) is 12.7. The summed E-state index contributed by atoms with van der Waals surface area (Å²) in [5, 5.41) is 9.64. The van der Waals surface area contributed by atoms with E-state index in [1.165, 1.54) is 53.8 Å². The third-order valence-corrected chi connectivity index (χ3v) is 9.40. The van der Waals surface area contributed by atoms with E-state index in [9.17, 15) is 35.9 Å². The number of methoxy groups -OCH3 is 1. The van der Waals surface area contributed by atoms with Crippen molar-refractivity contribution in [3.8, 4) is 21.1 Å². The lowest BCUT2D eigenvalue weighted by Crippen LogP contribution is -2.40. The van der Waals surface area contributed by atoms with E-state index < -0.39 is 35.4 Å². The van der Waals surface area contributed by atoms with Crippen LogP contribution in [0.25, 0.3) is 21.1 Å². The third kappa shape index (κ3) is 8.16. The monoisotopic (exact) mass is 700 g/mol. The van der Waals surface area contributed by atoms with E-state index in [1.54, 1.807) is 0 Å². The Morgan fingerprint density at radius 2 is 1.13 bits per heavy atom. The van der Waals surface area contributed by atoms with Gasteiger partial charge in [-0.15, -0.1) is 22.7 Å². The molecule has 10 nitrogen and oxygen atoms in total. The summed E-state index contributed by atoms with van der Waals surface area (Å²) in [5.41, 5.74) is 0.768. The van der Waals surface area contributed by atoms with Gasteiger partial charge >= 0.3 is 11.9 Å². The molecule has 6 rings (SSSR count). The molecule has 0 bridgehead atoms. The number of hydrogen-bond acceptors (Lipinski definition) is 11. The minimum atomic E-state index is -2.71. The fraction of sp³-hybridized carbons (Fsp3) is 0.379. The first kappa shape index (κ1) is 34.0. The summed E-state index contributed by atoms with van der Waals surface area (Å²) in [7, 11) is 1.26. The Morgan fingerprint density at radius 3 is 1.49 bits per heavy atom. The number of aromatic nitrogens is 4. The third-order valence-electron chi connectivity index (χ3n) is 7.34.